The Bertz CT molecular complexity index is 220. The van der Waals surface area contributed by atoms with Gasteiger partial charge < -0.3 is 15.4 Å². The van der Waals surface area contributed by atoms with Gasteiger partial charge in [0.1, 0.15) is 0 Å². The Morgan fingerprint density at radius 2 is 2.00 bits per heavy atom. The molecule has 0 bridgehead atoms. The fourth-order valence-corrected chi connectivity index (χ4v) is 0.850. The fraction of sp³-hybridized carbons (Fsp3) is 0.900. The minimum atomic E-state index is -2.39. The van der Waals surface area contributed by atoms with Gasteiger partial charge in [-0.05, 0) is 20.8 Å². The van der Waals surface area contributed by atoms with Gasteiger partial charge in [-0.25, -0.2) is 8.78 Å². The number of guanidine groups is 1. The van der Waals surface area contributed by atoms with Gasteiger partial charge in [0.05, 0.1) is 18.7 Å². The van der Waals surface area contributed by atoms with Crippen LogP contribution >= 0.6 is 0 Å². The number of aliphatic imine (C=N–C) groups is 1. The van der Waals surface area contributed by atoms with Gasteiger partial charge in [-0.3, -0.25) is 4.99 Å². The topological polar surface area (TPSA) is 45.7 Å². The molecule has 0 saturated heterocycles. The highest BCUT2D eigenvalue weighted by Gasteiger charge is 2.15. The van der Waals surface area contributed by atoms with Crippen molar-refractivity contribution < 1.29 is 13.5 Å². The maximum absolute atomic E-state index is 12.0. The highest BCUT2D eigenvalue weighted by Crippen LogP contribution is 2.06. The van der Waals surface area contributed by atoms with Crippen molar-refractivity contribution in [2.75, 3.05) is 26.7 Å². The molecule has 0 amide bonds. The van der Waals surface area contributed by atoms with Gasteiger partial charge >= 0.3 is 0 Å². The standard InChI is InChI=1S/C10H21F2N3O/c1-5-13-9(14-6-8(11)12)15-7-10(2,3)16-4/h8H,5-7H2,1-4H3,(H2,13,14,15). The first-order valence-electron chi connectivity index (χ1n) is 5.26. The maximum Gasteiger partial charge on any atom is 0.255 e. The predicted octanol–water partition coefficient (Wildman–Crippen LogP) is 1.23. The van der Waals surface area contributed by atoms with Crippen molar-refractivity contribution in [2.45, 2.75) is 32.8 Å². The zero-order valence-electron chi connectivity index (χ0n) is 10.3. The Hall–Kier alpha value is -0.910. The lowest BCUT2D eigenvalue weighted by Gasteiger charge is -2.21. The molecule has 0 aliphatic rings. The molecule has 0 spiro atoms. The van der Waals surface area contributed by atoms with E-state index in [0.29, 0.717) is 19.0 Å². The van der Waals surface area contributed by atoms with Crippen molar-refractivity contribution >= 4 is 5.96 Å². The van der Waals surface area contributed by atoms with Crippen LogP contribution < -0.4 is 10.6 Å². The largest absolute Gasteiger partial charge is 0.377 e. The number of nitrogens with one attached hydrogen (secondary N) is 2. The molecule has 0 aliphatic carbocycles. The number of nitrogens with zero attached hydrogens (tertiary/aromatic N) is 1. The van der Waals surface area contributed by atoms with Crippen molar-refractivity contribution in [2.24, 2.45) is 4.99 Å². The first kappa shape index (κ1) is 15.1. The number of rotatable bonds is 6. The SMILES string of the molecule is CCNC(=NCC(C)(C)OC)NCC(F)F. The van der Waals surface area contributed by atoms with E-state index in [4.69, 9.17) is 4.74 Å². The van der Waals surface area contributed by atoms with Gasteiger partial charge in [-0.1, -0.05) is 0 Å². The Morgan fingerprint density at radius 1 is 1.38 bits per heavy atom. The van der Waals surface area contributed by atoms with Crippen LogP contribution in [0.3, 0.4) is 0 Å². The summed E-state index contributed by atoms with van der Waals surface area (Å²) in [4.78, 5) is 4.16. The maximum atomic E-state index is 12.0. The summed E-state index contributed by atoms with van der Waals surface area (Å²) in [6.07, 6.45) is -2.39. The molecule has 0 aliphatic heterocycles. The van der Waals surface area contributed by atoms with Gasteiger partial charge in [0, 0.05) is 13.7 Å². The van der Waals surface area contributed by atoms with Gasteiger partial charge in [-0.2, -0.15) is 0 Å². The molecule has 0 fully saturated rings. The van der Waals surface area contributed by atoms with Gasteiger partial charge in [-0.15, -0.1) is 0 Å². The average Bonchev–Trinajstić information content (AvgIpc) is 2.22. The summed E-state index contributed by atoms with van der Waals surface area (Å²) in [5.41, 5.74) is -0.396. The molecule has 16 heavy (non-hydrogen) atoms. The van der Waals surface area contributed by atoms with Crippen LogP contribution in [0.2, 0.25) is 0 Å². The third kappa shape index (κ3) is 7.39. The average molecular weight is 237 g/mol. The van der Waals surface area contributed by atoms with E-state index in [1.54, 1.807) is 7.11 Å². The second-order valence-electron chi connectivity index (χ2n) is 3.93. The van der Waals surface area contributed by atoms with Crippen LogP contribution in [0.4, 0.5) is 8.78 Å². The molecule has 0 radical (unpaired) electrons. The molecule has 4 nitrogen and oxygen atoms in total. The van der Waals surface area contributed by atoms with E-state index in [2.05, 4.69) is 15.6 Å². The molecule has 2 N–H and O–H groups in total. The molecule has 0 aromatic carbocycles. The Balaban J connectivity index is 4.23. The van der Waals surface area contributed by atoms with E-state index >= 15 is 0 Å². The number of halogens is 2. The predicted molar refractivity (Wildman–Crippen MR) is 61.1 cm³/mol. The lowest BCUT2D eigenvalue weighted by molar-refractivity contribution is 0.0310. The number of hydrogen-bond acceptors (Lipinski definition) is 2. The summed E-state index contributed by atoms with van der Waals surface area (Å²) in [7, 11) is 1.59. The monoisotopic (exact) mass is 237 g/mol. The Labute approximate surface area is 95.5 Å². The van der Waals surface area contributed by atoms with E-state index < -0.39 is 18.6 Å². The molecule has 0 atom stereocenters. The molecule has 0 aromatic heterocycles. The molecule has 0 heterocycles. The highest BCUT2D eigenvalue weighted by molar-refractivity contribution is 5.79. The fourth-order valence-electron chi connectivity index (χ4n) is 0.850. The summed E-state index contributed by atoms with van der Waals surface area (Å²) >= 11 is 0. The zero-order chi connectivity index (χ0) is 12.6. The van der Waals surface area contributed by atoms with Crippen LogP contribution in [0.25, 0.3) is 0 Å². The highest BCUT2D eigenvalue weighted by atomic mass is 19.3. The summed E-state index contributed by atoms with van der Waals surface area (Å²) in [5.74, 6) is 0.382. The van der Waals surface area contributed by atoms with Crippen LogP contribution in [0.15, 0.2) is 4.99 Å². The molecule has 0 unspecified atom stereocenters. The summed E-state index contributed by atoms with van der Waals surface area (Å²) in [5, 5.41) is 5.43. The van der Waals surface area contributed by atoms with Crippen molar-refractivity contribution in [3.63, 3.8) is 0 Å². The number of ether oxygens (including phenoxy) is 1. The van der Waals surface area contributed by atoms with Crippen molar-refractivity contribution in [1.29, 1.82) is 0 Å². The van der Waals surface area contributed by atoms with Gasteiger partial charge in [0.15, 0.2) is 5.96 Å². The molecule has 0 saturated carbocycles. The second-order valence-corrected chi connectivity index (χ2v) is 3.93. The number of hydrogen-bond donors (Lipinski definition) is 2. The first-order chi connectivity index (χ1) is 7.41. The van der Waals surface area contributed by atoms with Crippen LogP contribution in [-0.2, 0) is 4.74 Å². The summed E-state index contributed by atoms with van der Waals surface area (Å²) < 4.78 is 29.2. The van der Waals surface area contributed by atoms with Crippen molar-refractivity contribution in [3.05, 3.63) is 0 Å². The third-order valence-electron chi connectivity index (χ3n) is 1.94. The quantitative estimate of drug-likeness (QED) is 0.539. The minimum absolute atomic E-state index is 0.382. The normalized spacial score (nSPS) is 13.1. The molecule has 6 heteroatoms. The Kier molecular flexibility index (Phi) is 6.96. The molecule has 0 rings (SSSR count). The second kappa shape index (κ2) is 7.38. The molecule has 96 valence electrons. The van der Waals surface area contributed by atoms with E-state index in [-0.39, 0.29) is 0 Å². The minimum Gasteiger partial charge on any atom is -0.377 e. The summed E-state index contributed by atoms with van der Waals surface area (Å²) in [6.45, 7) is 6.27. The van der Waals surface area contributed by atoms with Crippen LogP contribution in [0.5, 0.6) is 0 Å². The van der Waals surface area contributed by atoms with E-state index in [1.807, 2.05) is 20.8 Å². The number of methoxy groups -OCH3 is 1. The zero-order valence-corrected chi connectivity index (χ0v) is 10.3. The van der Waals surface area contributed by atoms with E-state index in [1.165, 1.54) is 0 Å². The van der Waals surface area contributed by atoms with Crippen molar-refractivity contribution in [1.82, 2.24) is 10.6 Å². The van der Waals surface area contributed by atoms with Crippen LogP contribution in [0.1, 0.15) is 20.8 Å². The van der Waals surface area contributed by atoms with Gasteiger partial charge in [0.2, 0.25) is 0 Å². The lowest BCUT2D eigenvalue weighted by atomic mass is 10.1. The molecular weight excluding hydrogens is 216 g/mol. The number of alkyl halides is 2. The third-order valence-corrected chi connectivity index (χ3v) is 1.94. The molecule has 0 aromatic rings. The molecular formula is C10H21F2N3O. The lowest BCUT2D eigenvalue weighted by Crippen LogP contribution is -2.41. The van der Waals surface area contributed by atoms with Gasteiger partial charge in [0.25, 0.3) is 6.43 Å². The van der Waals surface area contributed by atoms with Crippen LogP contribution in [-0.4, -0.2) is 44.7 Å². The van der Waals surface area contributed by atoms with E-state index in [9.17, 15) is 8.78 Å². The Morgan fingerprint density at radius 3 is 2.44 bits per heavy atom. The van der Waals surface area contributed by atoms with Crippen molar-refractivity contribution in [3.8, 4) is 0 Å². The smallest absolute Gasteiger partial charge is 0.255 e. The van der Waals surface area contributed by atoms with E-state index in [0.717, 1.165) is 0 Å². The summed E-state index contributed by atoms with van der Waals surface area (Å²) in [6, 6.07) is 0. The first-order valence-corrected chi connectivity index (χ1v) is 5.26. The van der Waals surface area contributed by atoms with Crippen LogP contribution in [0, 0.1) is 0 Å².